The Bertz CT molecular complexity index is 4740. The van der Waals surface area contributed by atoms with E-state index in [1.807, 2.05) is 58.5 Å². The monoisotopic (exact) mass is 1800 g/mol. The molecule has 2 aliphatic rings. The van der Waals surface area contributed by atoms with Gasteiger partial charge in [-0.1, -0.05) is 243 Å². The Balaban J connectivity index is 0.000000143. The molecule has 0 spiro atoms. The summed E-state index contributed by atoms with van der Waals surface area (Å²) >= 11 is 12.9. The van der Waals surface area contributed by atoms with E-state index in [4.69, 9.17) is 35.0 Å². The van der Waals surface area contributed by atoms with Gasteiger partial charge in [-0.3, -0.25) is 9.13 Å². The second-order valence-electron chi connectivity index (χ2n) is 23.3. The van der Waals surface area contributed by atoms with Gasteiger partial charge in [-0.25, -0.2) is 4.98 Å². The fourth-order valence-electron chi connectivity index (χ4n) is 11.4. The molecule has 0 fully saturated rings. The zero-order valence-corrected chi connectivity index (χ0v) is 68.7. The summed E-state index contributed by atoms with van der Waals surface area (Å²) in [5.74, 6) is 12.4. The van der Waals surface area contributed by atoms with Crippen LogP contribution in [0.4, 0.5) is 0 Å². The zero-order valence-electron chi connectivity index (χ0n) is 57.5. The minimum absolute atomic E-state index is 0.0563. The van der Waals surface area contributed by atoms with Crippen molar-refractivity contribution < 1.29 is 38.2 Å². The van der Waals surface area contributed by atoms with E-state index < -0.39 is 15.8 Å². The Morgan fingerprint density at radius 1 is 0.500 bits per heavy atom. The molecule has 6 aromatic heterocycles. The molecule has 0 saturated carbocycles. The first-order valence-electron chi connectivity index (χ1n) is 32.7. The van der Waals surface area contributed by atoms with E-state index in [0.29, 0.717) is 18.9 Å². The summed E-state index contributed by atoms with van der Waals surface area (Å²) in [4.78, 5) is 8.98. The SMILES string of the molecule is Cc1nnc2n1-c1sc(Br)c(Cc3ccccc3)c1CO[C@H]2C.Cc1nnc2n1-c1sc(C#Cc3cncn3C)c(Cc3ccccc3)c1CO[C@H]2C.[C+]#Cc1cncn1C.[Cl][Pd][Cl].[Cu][I].c1ccc(P(c2ccccc2)c2ccccc2)cc1.c1ccc(P(c2ccccc2)c2ccccc2)cc1. The molecule has 16 rings (SSSR count). The van der Waals surface area contributed by atoms with Gasteiger partial charge in [0.15, 0.2) is 11.6 Å². The first-order chi connectivity index (χ1) is 50.9. The topological polar surface area (TPSA) is 116 Å². The molecule has 0 bridgehead atoms. The molecule has 0 N–H and O–H groups in total. The van der Waals surface area contributed by atoms with E-state index in [1.54, 1.807) is 72.6 Å². The summed E-state index contributed by atoms with van der Waals surface area (Å²) in [6, 6.07) is 85.7. The largest absolute Gasteiger partial charge is 0.0622 e. The number of aryl methyl sites for hydroxylation is 4. The molecule has 14 aromatic rings. The number of ether oxygens (including phenoxy) is 2. The maximum Gasteiger partial charge on any atom is -0.0134 e. The van der Waals surface area contributed by atoms with E-state index in [-0.39, 0.29) is 28.1 Å². The molecular weight excluding hydrogens is 1730 g/mol. The van der Waals surface area contributed by atoms with Crippen molar-refractivity contribution in [2.45, 2.75) is 66.0 Å². The number of imidazole rings is 2. The maximum absolute atomic E-state index is 6.69. The number of fused-ring (bicyclic) bond motifs is 6. The van der Waals surface area contributed by atoms with Crippen molar-refractivity contribution in [1.29, 1.82) is 0 Å². The van der Waals surface area contributed by atoms with Crippen LogP contribution in [0.15, 0.2) is 271 Å². The molecule has 0 amide bonds. The van der Waals surface area contributed by atoms with Crippen molar-refractivity contribution in [2.24, 2.45) is 14.1 Å². The normalized spacial score (nSPS) is 12.9. The summed E-state index contributed by atoms with van der Waals surface area (Å²) in [6.45, 7) is 9.16. The molecular formula is C82H72BrCl2CuIN10O2P2PdS2+. The summed E-state index contributed by atoms with van der Waals surface area (Å²) in [7, 11) is 12.5. The molecule has 0 saturated heterocycles. The van der Waals surface area contributed by atoms with Crippen molar-refractivity contribution in [3.63, 3.8) is 0 Å². The van der Waals surface area contributed by atoms with Gasteiger partial charge in [0.25, 0.3) is 0 Å². The van der Waals surface area contributed by atoms with Gasteiger partial charge in [0.05, 0.1) is 34.4 Å². The third-order valence-electron chi connectivity index (χ3n) is 16.5. The number of thiophene rings is 2. The number of benzene rings is 8. The zero-order chi connectivity index (χ0) is 73.2. The summed E-state index contributed by atoms with van der Waals surface area (Å²) in [6.07, 6.45) is 15.0. The van der Waals surface area contributed by atoms with E-state index in [9.17, 15) is 0 Å². The Morgan fingerprint density at radius 2 is 0.817 bits per heavy atom. The van der Waals surface area contributed by atoms with Crippen molar-refractivity contribution in [3.8, 4) is 27.8 Å². The number of halogens is 4. The van der Waals surface area contributed by atoms with Gasteiger partial charge in [-0.15, -0.1) is 43.1 Å². The molecule has 532 valence electrons. The Kier molecular flexibility index (Phi) is 31.5. The summed E-state index contributed by atoms with van der Waals surface area (Å²) < 4.78 is 21.2. The van der Waals surface area contributed by atoms with Crippen molar-refractivity contribution >= 4 is 126 Å². The van der Waals surface area contributed by atoms with E-state index in [0.717, 1.165) is 55.5 Å². The number of aromatic nitrogens is 10. The molecule has 0 unspecified atom stereocenters. The Labute approximate surface area is 664 Å². The number of rotatable bonds is 10. The van der Waals surface area contributed by atoms with Gasteiger partial charge in [0, 0.05) is 18.2 Å². The van der Waals surface area contributed by atoms with E-state index >= 15 is 0 Å². The van der Waals surface area contributed by atoms with Gasteiger partial charge in [-0.2, -0.15) is 0 Å². The standard InChI is InChI=1S/C23H21N5OS.2C18H15P.C17H16BrN3OS.C6H5N2.2ClH.Cu.HI.Pd/c1-15-22-26-25-16(2)28(22)23-20(13-29-15)19(11-17-7-5-4-6-8-17)21(30-23)10-9-18-12-24-14-27(18)3;2*1-4-10-16(11-5-1)19(17-12-6-2-7-13-17)18-14-8-3-9-15-18;1-10-16-20-19-11(2)21(16)17-14(9-22-10)13(15(18)23-17)8-12-6-4-3-5-7-12;1-3-6-4-7-5-8(6)2;;;;;/h4-8,12,14-15H,11,13H2,1-3H3;2*1-15H;3-7,10H,8-9H2,1-2H3;4-5H,2H3;2*1H;;1H;/q;;;;+1;;;+1;;+2/p-3/t15-;;;10-;;;;;;/m0..0....../s1. The third-order valence-corrected chi connectivity index (χ3v) is 24.6. The average molecular weight is 1800 g/mol. The molecule has 0 aliphatic carbocycles. The van der Waals surface area contributed by atoms with Gasteiger partial charge >= 0.3 is 115 Å². The number of nitrogens with zero attached hydrogens (tertiary/aromatic N) is 10. The first-order valence-corrected chi connectivity index (χ1v) is 44.9. The van der Waals surface area contributed by atoms with Crippen LogP contribution in [0.1, 0.15) is 99.0 Å². The summed E-state index contributed by atoms with van der Waals surface area (Å²) in [5.41, 5.74) is 9.05. The van der Waals surface area contributed by atoms with Crippen molar-refractivity contribution in [3.05, 3.63) is 351 Å². The third kappa shape index (κ3) is 21.0. The minimum atomic E-state index is -0.446. The van der Waals surface area contributed by atoms with Crippen LogP contribution in [0.5, 0.6) is 0 Å². The molecule has 12 nitrogen and oxygen atoms in total. The van der Waals surface area contributed by atoms with Crippen LogP contribution in [0.25, 0.3) is 10.0 Å². The van der Waals surface area contributed by atoms with Crippen LogP contribution in [0, 0.1) is 38.0 Å². The quantitative estimate of drug-likeness (QED) is 0.0437. The van der Waals surface area contributed by atoms with Crippen LogP contribution >= 0.6 is 93.8 Å². The molecule has 0 radical (unpaired) electrons. The van der Waals surface area contributed by atoms with Crippen LogP contribution in [0.3, 0.4) is 0 Å². The molecule has 8 aromatic carbocycles. The smallest absolute Gasteiger partial charge is 0.0134 e. The first kappa shape index (κ1) is 79.5. The van der Waals surface area contributed by atoms with Gasteiger partial charge < -0.3 is 14.0 Å². The fourth-order valence-corrected chi connectivity index (χ4v) is 19.2. The molecule has 8 heterocycles. The van der Waals surface area contributed by atoms with Crippen molar-refractivity contribution in [1.82, 2.24) is 48.6 Å². The van der Waals surface area contributed by atoms with Crippen LogP contribution in [-0.4, -0.2) is 48.6 Å². The van der Waals surface area contributed by atoms with Crippen LogP contribution in [-0.2, 0) is 78.3 Å². The number of hydrogen-bond donors (Lipinski definition) is 0. The molecule has 2 aliphatic heterocycles. The summed E-state index contributed by atoms with van der Waals surface area (Å²) in [5, 5.41) is 27.9. The predicted octanol–water partition coefficient (Wildman–Crippen LogP) is 18.0. The van der Waals surface area contributed by atoms with Gasteiger partial charge in [-0.05, 0) is 138 Å². The van der Waals surface area contributed by atoms with Crippen LogP contribution in [0.2, 0.25) is 0 Å². The van der Waals surface area contributed by atoms with Crippen LogP contribution < -0.4 is 31.8 Å². The molecule has 22 heteroatoms. The van der Waals surface area contributed by atoms with Gasteiger partial charge in [0.2, 0.25) is 0 Å². The second kappa shape index (κ2) is 41.2. The predicted molar refractivity (Wildman–Crippen MR) is 435 cm³/mol. The molecule has 104 heavy (non-hydrogen) atoms. The Morgan fingerprint density at radius 3 is 1.14 bits per heavy atom. The molecule has 2 atom stereocenters. The maximum atomic E-state index is 6.69. The number of hydrogen-bond acceptors (Lipinski definition) is 10. The van der Waals surface area contributed by atoms with Crippen molar-refractivity contribution in [2.75, 3.05) is 0 Å². The van der Waals surface area contributed by atoms with E-state index in [2.05, 4.69) is 316 Å². The Hall–Kier alpha value is -7.05. The minimum Gasteiger partial charge on any atom is -0.0622 e. The fraction of sp³-hybridized carbons (Fsp3) is 0.146. The second-order valence-corrected chi connectivity index (χ2v) is 33.4. The average Bonchev–Trinajstić information content (AvgIpc) is 1.57. The van der Waals surface area contributed by atoms with E-state index in [1.165, 1.54) is 70.2 Å². The van der Waals surface area contributed by atoms with Gasteiger partial charge in [0.1, 0.15) is 39.6 Å².